The number of aromatic nitrogens is 1. The van der Waals surface area contributed by atoms with Gasteiger partial charge in [-0.1, -0.05) is 0 Å². The maximum atomic E-state index is 11.4. The van der Waals surface area contributed by atoms with Crippen molar-refractivity contribution >= 4 is 26.9 Å². The lowest BCUT2D eigenvalue weighted by Crippen LogP contribution is -2.08. The van der Waals surface area contributed by atoms with E-state index in [4.69, 9.17) is 5.11 Å². The van der Waals surface area contributed by atoms with Gasteiger partial charge in [0.05, 0.1) is 17.3 Å². The summed E-state index contributed by atoms with van der Waals surface area (Å²) in [5.41, 5.74) is 0.617. The molecule has 0 saturated carbocycles. The Balaban J connectivity index is 2.73. The summed E-state index contributed by atoms with van der Waals surface area (Å²) in [6.07, 6.45) is 2.50. The number of carboxylic acid groups (broad SMARTS) is 1. The van der Waals surface area contributed by atoms with E-state index in [1.807, 2.05) is 0 Å². The molecule has 0 aliphatic carbocycles. The zero-order chi connectivity index (χ0) is 11.9. The molecule has 84 valence electrons. The summed E-state index contributed by atoms with van der Waals surface area (Å²) in [5.74, 6) is -1.03. The van der Waals surface area contributed by atoms with Crippen molar-refractivity contribution in [1.82, 2.24) is 3.97 Å². The van der Waals surface area contributed by atoms with E-state index >= 15 is 0 Å². The Bertz CT molecular complexity index is 669. The molecule has 16 heavy (non-hydrogen) atoms. The van der Waals surface area contributed by atoms with Gasteiger partial charge in [0, 0.05) is 11.6 Å². The lowest BCUT2D eigenvalue weighted by atomic mass is 10.1. The maximum Gasteiger partial charge on any atom is 0.335 e. The smallest absolute Gasteiger partial charge is 0.335 e. The van der Waals surface area contributed by atoms with Crippen LogP contribution in [0.5, 0.6) is 0 Å². The molecule has 5 nitrogen and oxygen atoms in total. The third kappa shape index (κ3) is 1.67. The monoisotopic (exact) mass is 239 g/mol. The number of hydrogen-bond acceptors (Lipinski definition) is 3. The van der Waals surface area contributed by atoms with E-state index in [1.165, 1.54) is 24.4 Å². The van der Waals surface area contributed by atoms with Crippen LogP contribution in [0.3, 0.4) is 0 Å². The van der Waals surface area contributed by atoms with E-state index in [0.717, 1.165) is 10.2 Å². The summed E-state index contributed by atoms with van der Waals surface area (Å²) in [6, 6.07) is 5.88. The largest absolute Gasteiger partial charge is 0.478 e. The number of rotatable bonds is 2. The topological polar surface area (TPSA) is 76.4 Å². The van der Waals surface area contributed by atoms with Crippen LogP contribution in [0.4, 0.5) is 0 Å². The molecule has 2 aromatic rings. The Labute approximate surface area is 92.0 Å². The number of fused-ring (bicyclic) bond motifs is 1. The minimum Gasteiger partial charge on any atom is -0.478 e. The van der Waals surface area contributed by atoms with Gasteiger partial charge in [-0.2, -0.15) is 0 Å². The minimum atomic E-state index is -3.35. The highest BCUT2D eigenvalue weighted by Gasteiger charge is 2.11. The fraction of sp³-hybridized carbons (Fsp3) is 0.100. The van der Waals surface area contributed by atoms with Gasteiger partial charge in [0.1, 0.15) is 0 Å². The molecular formula is C10H9NO4S. The van der Waals surface area contributed by atoms with Crippen LogP contribution < -0.4 is 0 Å². The third-order valence-corrected chi connectivity index (χ3v) is 3.29. The predicted octanol–water partition coefficient (Wildman–Crippen LogP) is 1.15. The average Bonchev–Trinajstić information content (AvgIpc) is 2.58. The van der Waals surface area contributed by atoms with Crippen LogP contribution in [0.15, 0.2) is 30.5 Å². The van der Waals surface area contributed by atoms with Crippen LogP contribution in [0.25, 0.3) is 10.9 Å². The van der Waals surface area contributed by atoms with E-state index in [1.54, 1.807) is 6.07 Å². The molecule has 0 saturated heterocycles. The van der Waals surface area contributed by atoms with Crippen LogP contribution in [0, 0.1) is 0 Å². The van der Waals surface area contributed by atoms with E-state index in [2.05, 4.69) is 0 Å². The molecule has 2 rings (SSSR count). The van der Waals surface area contributed by atoms with Gasteiger partial charge in [-0.15, -0.1) is 0 Å². The van der Waals surface area contributed by atoms with Gasteiger partial charge >= 0.3 is 5.97 Å². The van der Waals surface area contributed by atoms with Gasteiger partial charge < -0.3 is 5.11 Å². The second-order valence-corrected chi connectivity index (χ2v) is 5.31. The summed E-state index contributed by atoms with van der Waals surface area (Å²) in [5, 5.41) is 9.37. The molecule has 0 unspecified atom stereocenters. The van der Waals surface area contributed by atoms with Gasteiger partial charge in [0.15, 0.2) is 0 Å². The lowest BCUT2D eigenvalue weighted by Gasteiger charge is -2.01. The Morgan fingerprint density at radius 2 is 2.00 bits per heavy atom. The van der Waals surface area contributed by atoms with Gasteiger partial charge in [-0.25, -0.2) is 17.2 Å². The van der Waals surface area contributed by atoms with Crippen LogP contribution in [-0.4, -0.2) is 29.7 Å². The molecule has 1 N–H and O–H groups in total. The number of nitrogens with zero attached hydrogens (tertiary/aromatic N) is 1. The van der Waals surface area contributed by atoms with Crippen LogP contribution in [-0.2, 0) is 10.0 Å². The molecule has 0 aliphatic rings. The first-order valence-corrected chi connectivity index (χ1v) is 6.29. The molecule has 0 radical (unpaired) electrons. The number of hydrogen-bond donors (Lipinski definition) is 1. The number of carbonyl (C=O) groups is 1. The van der Waals surface area contributed by atoms with Crippen LogP contribution >= 0.6 is 0 Å². The molecule has 1 aromatic heterocycles. The first-order chi connectivity index (χ1) is 7.39. The fourth-order valence-electron chi connectivity index (χ4n) is 1.54. The Hall–Kier alpha value is -1.82. The highest BCUT2D eigenvalue weighted by atomic mass is 32.2. The number of benzene rings is 1. The van der Waals surface area contributed by atoms with Crippen molar-refractivity contribution in [3.63, 3.8) is 0 Å². The normalized spacial score (nSPS) is 11.8. The summed E-state index contributed by atoms with van der Waals surface area (Å²) in [7, 11) is -3.35. The van der Waals surface area contributed by atoms with Crippen molar-refractivity contribution in [3.05, 3.63) is 36.0 Å². The van der Waals surface area contributed by atoms with E-state index in [0.29, 0.717) is 10.9 Å². The van der Waals surface area contributed by atoms with E-state index in [9.17, 15) is 13.2 Å². The lowest BCUT2D eigenvalue weighted by molar-refractivity contribution is 0.0697. The van der Waals surface area contributed by atoms with Gasteiger partial charge in [0.25, 0.3) is 0 Å². The summed E-state index contributed by atoms with van der Waals surface area (Å²) < 4.78 is 23.9. The quantitative estimate of drug-likeness (QED) is 0.852. The molecule has 1 aromatic carbocycles. The maximum absolute atomic E-state index is 11.4. The van der Waals surface area contributed by atoms with Crippen molar-refractivity contribution < 1.29 is 18.3 Å². The second kappa shape index (κ2) is 3.34. The Kier molecular flexibility index (Phi) is 2.23. The Morgan fingerprint density at radius 1 is 1.31 bits per heavy atom. The molecule has 0 bridgehead atoms. The van der Waals surface area contributed by atoms with E-state index in [-0.39, 0.29) is 5.56 Å². The zero-order valence-electron chi connectivity index (χ0n) is 8.41. The molecular weight excluding hydrogens is 230 g/mol. The fourth-order valence-corrected chi connectivity index (χ4v) is 2.34. The van der Waals surface area contributed by atoms with Gasteiger partial charge in [-0.05, 0) is 24.3 Å². The SMILES string of the molecule is CS(=O)(=O)n1ccc2cc(C(=O)O)ccc21. The van der Waals surface area contributed by atoms with Crippen LogP contribution in [0.2, 0.25) is 0 Å². The van der Waals surface area contributed by atoms with Crippen LogP contribution in [0.1, 0.15) is 10.4 Å². The molecule has 6 heteroatoms. The first-order valence-electron chi connectivity index (χ1n) is 4.44. The molecule has 0 spiro atoms. The zero-order valence-corrected chi connectivity index (χ0v) is 9.23. The molecule has 0 aliphatic heterocycles. The third-order valence-electron chi connectivity index (χ3n) is 2.26. The number of carboxylic acids is 1. The van der Waals surface area contributed by atoms with E-state index < -0.39 is 16.0 Å². The van der Waals surface area contributed by atoms with Crippen molar-refractivity contribution in [2.75, 3.05) is 6.26 Å². The highest BCUT2D eigenvalue weighted by Crippen LogP contribution is 2.19. The van der Waals surface area contributed by atoms with Crippen molar-refractivity contribution in [2.45, 2.75) is 0 Å². The van der Waals surface area contributed by atoms with Crippen molar-refractivity contribution in [2.24, 2.45) is 0 Å². The molecule has 0 amide bonds. The summed E-state index contributed by atoms with van der Waals surface area (Å²) in [4.78, 5) is 10.7. The van der Waals surface area contributed by atoms with Crippen molar-refractivity contribution in [1.29, 1.82) is 0 Å². The number of aromatic carboxylic acids is 1. The summed E-state index contributed by atoms with van der Waals surface area (Å²) >= 11 is 0. The summed E-state index contributed by atoms with van der Waals surface area (Å²) in [6.45, 7) is 0. The van der Waals surface area contributed by atoms with Gasteiger partial charge in [-0.3, -0.25) is 0 Å². The molecule has 0 atom stereocenters. The standard InChI is InChI=1S/C10H9NO4S/c1-16(14,15)11-5-4-7-6-8(10(12)13)2-3-9(7)11/h2-6H,1H3,(H,12,13). The predicted molar refractivity (Wildman–Crippen MR) is 59.1 cm³/mol. The first kappa shape index (κ1) is 10.7. The second-order valence-electron chi connectivity index (χ2n) is 3.45. The molecule has 0 fully saturated rings. The Morgan fingerprint density at radius 3 is 2.56 bits per heavy atom. The highest BCUT2D eigenvalue weighted by molar-refractivity contribution is 7.89. The van der Waals surface area contributed by atoms with Crippen molar-refractivity contribution in [3.8, 4) is 0 Å². The minimum absolute atomic E-state index is 0.138. The molecule has 1 heterocycles. The van der Waals surface area contributed by atoms with Gasteiger partial charge in [0.2, 0.25) is 10.0 Å². The average molecular weight is 239 g/mol.